The average molecular weight is 448 g/mol. The van der Waals surface area contributed by atoms with Gasteiger partial charge in [0.05, 0.1) is 5.56 Å². The SMILES string of the molecule is Nc1ccc(-c2ccc(OC(F)(F)F)cc2)cc1C(=O)N(N)CC1(CN2CCCC2)CC1. The molecule has 1 saturated carbocycles. The second kappa shape index (κ2) is 8.63. The molecule has 1 heterocycles. The minimum absolute atomic E-state index is 0.0510. The Morgan fingerprint density at radius 2 is 1.69 bits per heavy atom. The number of carbonyl (C=O) groups is 1. The zero-order valence-corrected chi connectivity index (χ0v) is 17.7. The van der Waals surface area contributed by atoms with Gasteiger partial charge in [-0.25, -0.2) is 5.84 Å². The maximum absolute atomic E-state index is 13.1. The molecule has 2 aromatic rings. The maximum Gasteiger partial charge on any atom is 0.573 e. The minimum Gasteiger partial charge on any atom is -0.406 e. The molecule has 4 rings (SSSR count). The van der Waals surface area contributed by atoms with Gasteiger partial charge in [-0.2, -0.15) is 0 Å². The Morgan fingerprint density at radius 3 is 2.28 bits per heavy atom. The molecule has 0 bridgehead atoms. The van der Waals surface area contributed by atoms with Crippen LogP contribution in [0, 0.1) is 5.41 Å². The number of alkyl halides is 3. The first-order valence-electron chi connectivity index (χ1n) is 10.7. The average Bonchev–Trinajstić information content (AvgIpc) is 3.27. The van der Waals surface area contributed by atoms with Gasteiger partial charge >= 0.3 is 6.36 Å². The summed E-state index contributed by atoms with van der Waals surface area (Å²) >= 11 is 0. The van der Waals surface area contributed by atoms with Crippen LogP contribution < -0.4 is 16.3 Å². The number of ether oxygens (including phenoxy) is 1. The Balaban J connectivity index is 1.46. The zero-order chi connectivity index (χ0) is 22.9. The third-order valence-corrected chi connectivity index (χ3v) is 6.19. The van der Waals surface area contributed by atoms with Gasteiger partial charge in [0.25, 0.3) is 5.91 Å². The van der Waals surface area contributed by atoms with E-state index in [9.17, 15) is 18.0 Å². The summed E-state index contributed by atoms with van der Waals surface area (Å²) in [7, 11) is 0. The number of amides is 1. The summed E-state index contributed by atoms with van der Waals surface area (Å²) in [5.74, 6) is 5.49. The van der Waals surface area contributed by atoms with E-state index in [4.69, 9.17) is 11.6 Å². The molecule has 0 atom stereocenters. The highest BCUT2D eigenvalue weighted by atomic mass is 19.4. The van der Waals surface area contributed by atoms with Crippen LogP contribution in [0.5, 0.6) is 5.75 Å². The predicted molar refractivity (Wildman–Crippen MR) is 116 cm³/mol. The van der Waals surface area contributed by atoms with Crippen molar-refractivity contribution in [3.8, 4) is 16.9 Å². The lowest BCUT2D eigenvalue weighted by Gasteiger charge is -2.27. The number of hydrogen-bond donors (Lipinski definition) is 2. The number of carbonyl (C=O) groups excluding carboxylic acids is 1. The van der Waals surface area contributed by atoms with Crippen LogP contribution in [0.25, 0.3) is 11.1 Å². The Bertz CT molecular complexity index is 968. The van der Waals surface area contributed by atoms with Crippen molar-refractivity contribution in [1.29, 1.82) is 0 Å². The first kappa shape index (κ1) is 22.4. The van der Waals surface area contributed by atoms with Gasteiger partial charge in [-0.15, -0.1) is 13.2 Å². The van der Waals surface area contributed by atoms with Gasteiger partial charge in [0, 0.05) is 24.2 Å². The number of anilines is 1. The minimum atomic E-state index is -4.75. The second-order valence-corrected chi connectivity index (χ2v) is 8.79. The molecule has 2 aliphatic rings. The summed E-state index contributed by atoms with van der Waals surface area (Å²) in [5.41, 5.74) is 7.96. The molecule has 0 spiro atoms. The molecule has 6 nitrogen and oxygen atoms in total. The van der Waals surface area contributed by atoms with Gasteiger partial charge in [-0.05, 0) is 74.2 Å². The summed E-state index contributed by atoms with van der Waals surface area (Å²) < 4.78 is 41.0. The van der Waals surface area contributed by atoms with E-state index in [0.29, 0.717) is 23.4 Å². The third kappa shape index (κ3) is 5.34. The molecule has 1 saturated heterocycles. The Morgan fingerprint density at radius 1 is 1.06 bits per heavy atom. The van der Waals surface area contributed by atoms with Gasteiger partial charge in [0.15, 0.2) is 0 Å². The molecule has 0 aromatic heterocycles. The highest BCUT2D eigenvalue weighted by Gasteiger charge is 2.46. The number of halogens is 3. The predicted octanol–water partition coefficient (Wildman–Crippen LogP) is 4.03. The third-order valence-electron chi connectivity index (χ3n) is 6.19. The van der Waals surface area contributed by atoms with E-state index in [-0.39, 0.29) is 22.6 Å². The largest absolute Gasteiger partial charge is 0.573 e. The molecule has 0 unspecified atom stereocenters. The molecule has 172 valence electrons. The fourth-order valence-corrected chi connectivity index (χ4v) is 4.32. The Kier molecular flexibility index (Phi) is 6.05. The number of hydrazine groups is 1. The van der Waals surface area contributed by atoms with E-state index < -0.39 is 6.36 Å². The van der Waals surface area contributed by atoms with Crippen LogP contribution in [0.3, 0.4) is 0 Å². The van der Waals surface area contributed by atoms with Crippen LogP contribution in [0.2, 0.25) is 0 Å². The molecule has 2 aromatic carbocycles. The molecule has 1 amide bonds. The fourth-order valence-electron chi connectivity index (χ4n) is 4.32. The molecular formula is C23H27F3N4O2. The van der Waals surface area contributed by atoms with Gasteiger partial charge < -0.3 is 15.4 Å². The van der Waals surface area contributed by atoms with Crippen molar-refractivity contribution in [1.82, 2.24) is 9.91 Å². The number of nitrogen functional groups attached to an aromatic ring is 1. The van der Waals surface area contributed by atoms with E-state index >= 15 is 0 Å². The van der Waals surface area contributed by atoms with Gasteiger partial charge in [0.1, 0.15) is 5.75 Å². The van der Waals surface area contributed by atoms with E-state index in [1.165, 1.54) is 42.1 Å². The van der Waals surface area contributed by atoms with Crippen molar-refractivity contribution in [2.45, 2.75) is 32.0 Å². The summed E-state index contributed by atoms with van der Waals surface area (Å²) in [5, 5.41) is 1.25. The first-order valence-corrected chi connectivity index (χ1v) is 10.7. The molecule has 1 aliphatic heterocycles. The van der Waals surface area contributed by atoms with Gasteiger partial charge in [-0.1, -0.05) is 18.2 Å². The van der Waals surface area contributed by atoms with E-state index in [0.717, 1.165) is 32.5 Å². The summed E-state index contributed by atoms with van der Waals surface area (Å²) in [6, 6.07) is 10.4. The molecule has 1 aliphatic carbocycles. The number of benzene rings is 2. The van der Waals surface area contributed by atoms with E-state index in [1.54, 1.807) is 18.2 Å². The first-order chi connectivity index (χ1) is 15.1. The lowest BCUT2D eigenvalue weighted by Crippen LogP contribution is -2.44. The molecule has 2 fully saturated rings. The normalized spacial score (nSPS) is 17.9. The Labute approximate surface area is 184 Å². The molecule has 4 N–H and O–H groups in total. The Hall–Kier alpha value is -2.78. The van der Waals surface area contributed by atoms with Crippen LogP contribution in [-0.4, -0.2) is 48.4 Å². The smallest absolute Gasteiger partial charge is 0.406 e. The maximum atomic E-state index is 13.1. The van der Waals surface area contributed by atoms with Crippen LogP contribution >= 0.6 is 0 Å². The number of rotatable bonds is 7. The van der Waals surface area contributed by atoms with Crippen LogP contribution in [-0.2, 0) is 0 Å². The second-order valence-electron chi connectivity index (χ2n) is 8.79. The van der Waals surface area contributed by atoms with Crippen molar-refractivity contribution in [3.05, 3.63) is 48.0 Å². The summed E-state index contributed by atoms with van der Waals surface area (Å²) in [6.45, 7) is 3.62. The molecule has 9 heteroatoms. The summed E-state index contributed by atoms with van der Waals surface area (Å²) in [4.78, 5) is 15.5. The van der Waals surface area contributed by atoms with Crippen molar-refractivity contribution in [2.75, 3.05) is 31.9 Å². The molecule has 32 heavy (non-hydrogen) atoms. The van der Waals surface area contributed by atoms with Crippen molar-refractivity contribution in [3.63, 3.8) is 0 Å². The van der Waals surface area contributed by atoms with Crippen molar-refractivity contribution >= 4 is 11.6 Å². The highest BCUT2D eigenvalue weighted by Crippen LogP contribution is 2.47. The summed E-state index contributed by atoms with van der Waals surface area (Å²) in [6.07, 6.45) is -0.221. The van der Waals surface area contributed by atoms with E-state index in [1.807, 2.05) is 0 Å². The number of likely N-dealkylation sites (tertiary alicyclic amines) is 1. The van der Waals surface area contributed by atoms with Gasteiger partial charge in [-0.3, -0.25) is 9.80 Å². The topological polar surface area (TPSA) is 84.8 Å². The zero-order valence-electron chi connectivity index (χ0n) is 17.7. The quantitative estimate of drug-likeness (QED) is 0.289. The van der Waals surface area contributed by atoms with Crippen molar-refractivity contribution < 1.29 is 22.7 Å². The lowest BCUT2D eigenvalue weighted by atomic mass is 10.0. The fraction of sp³-hybridized carbons (Fsp3) is 0.435. The number of hydrogen-bond acceptors (Lipinski definition) is 5. The highest BCUT2D eigenvalue weighted by molar-refractivity contribution is 6.00. The number of nitrogens with two attached hydrogens (primary N) is 2. The van der Waals surface area contributed by atoms with Crippen LogP contribution in [0.15, 0.2) is 42.5 Å². The van der Waals surface area contributed by atoms with E-state index in [2.05, 4.69) is 9.64 Å². The lowest BCUT2D eigenvalue weighted by molar-refractivity contribution is -0.274. The molecular weight excluding hydrogens is 421 g/mol. The van der Waals surface area contributed by atoms with Crippen LogP contribution in [0.4, 0.5) is 18.9 Å². The molecule has 0 radical (unpaired) electrons. The standard InChI is InChI=1S/C23H27F3N4O2/c24-23(25,26)32-18-6-3-16(4-7-18)17-5-8-20(27)19(13-17)21(31)30(28)15-22(9-10-22)14-29-11-1-2-12-29/h3-8,13H,1-2,9-12,14-15,27-28H2. The number of nitrogens with zero attached hydrogens (tertiary/aromatic N) is 2. The van der Waals surface area contributed by atoms with Gasteiger partial charge in [0.2, 0.25) is 0 Å². The van der Waals surface area contributed by atoms with Crippen LogP contribution in [0.1, 0.15) is 36.0 Å². The van der Waals surface area contributed by atoms with Crippen molar-refractivity contribution in [2.24, 2.45) is 11.3 Å². The monoisotopic (exact) mass is 448 g/mol.